The number of rotatable bonds is 2. The minimum atomic E-state index is 0.466. The molecule has 2 heteroatoms. The molecule has 17 heavy (non-hydrogen) atoms. The van der Waals surface area contributed by atoms with Crippen molar-refractivity contribution < 1.29 is 0 Å². The number of fused-ring (bicyclic) bond motifs is 1. The van der Waals surface area contributed by atoms with Gasteiger partial charge in [-0.15, -0.1) is 0 Å². The van der Waals surface area contributed by atoms with Gasteiger partial charge < -0.3 is 5.73 Å². The summed E-state index contributed by atoms with van der Waals surface area (Å²) in [6, 6.07) is 11.3. The van der Waals surface area contributed by atoms with Crippen LogP contribution in [0.1, 0.15) is 24.8 Å². The van der Waals surface area contributed by atoms with Crippen molar-refractivity contribution in [3.8, 4) is 0 Å². The van der Waals surface area contributed by atoms with Crippen LogP contribution in [0.4, 0.5) is 0 Å². The fourth-order valence-corrected chi connectivity index (χ4v) is 3.54. The summed E-state index contributed by atoms with van der Waals surface area (Å²) in [5.41, 5.74) is 7.51. The topological polar surface area (TPSA) is 29.3 Å². The van der Waals surface area contributed by atoms with Crippen LogP contribution in [-0.4, -0.2) is 24.0 Å². The number of hydrogen-bond acceptors (Lipinski definition) is 2. The molecule has 2 nitrogen and oxygen atoms in total. The van der Waals surface area contributed by atoms with Crippen LogP contribution in [0.2, 0.25) is 0 Å². The highest BCUT2D eigenvalue weighted by molar-refractivity contribution is 5.14. The van der Waals surface area contributed by atoms with Gasteiger partial charge in [-0.2, -0.15) is 0 Å². The number of likely N-dealkylation sites (tertiary alicyclic amines) is 1. The molecule has 1 saturated carbocycles. The van der Waals surface area contributed by atoms with Crippen LogP contribution in [0.3, 0.4) is 0 Å². The predicted molar refractivity (Wildman–Crippen MR) is 70.5 cm³/mol. The van der Waals surface area contributed by atoms with Gasteiger partial charge in [-0.3, -0.25) is 4.90 Å². The van der Waals surface area contributed by atoms with Gasteiger partial charge in [0.15, 0.2) is 0 Å². The summed E-state index contributed by atoms with van der Waals surface area (Å²) in [6.07, 6.45) is 3.83. The Hall–Kier alpha value is -0.860. The molecule has 1 aliphatic heterocycles. The van der Waals surface area contributed by atoms with Gasteiger partial charge in [0.25, 0.3) is 0 Å². The van der Waals surface area contributed by atoms with Crippen molar-refractivity contribution in [3.05, 3.63) is 35.9 Å². The summed E-state index contributed by atoms with van der Waals surface area (Å²) >= 11 is 0. The number of nitrogens with two attached hydrogens (primary N) is 1. The summed E-state index contributed by atoms with van der Waals surface area (Å²) < 4.78 is 0. The molecule has 3 atom stereocenters. The molecule has 1 aliphatic carbocycles. The van der Waals surface area contributed by atoms with Crippen molar-refractivity contribution in [2.45, 2.75) is 31.8 Å². The van der Waals surface area contributed by atoms with E-state index in [-0.39, 0.29) is 0 Å². The van der Waals surface area contributed by atoms with Gasteiger partial charge in [0.1, 0.15) is 0 Å². The Kier molecular flexibility index (Phi) is 3.17. The third-order valence-corrected chi connectivity index (χ3v) is 4.41. The third kappa shape index (κ3) is 2.53. The van der Waals surface area contributed by atoms with Crippen LogP contribution in [0.5, 0.6) is 0 Å². The van der Waals surface area contributed by atoms with Gasteiger partial charge in [0.2, 0.25) is 0 Å². The molecule has 0 amide bonds. The van der Waals surface area contributed by atoms with Gasteiger partial charge in [-0.25, -0.2) is 0 Å². The average molecular weight is 230 g/mol. The fraction of sp³-hybridized carbons (Fsp3) is 0.600. The molecule has 1 aromatic carbocycles. The molecule has 1 heterocycles. The van der Waals surface area contributed by atoms with E-state index in [9.17, 15) is 0 Å². The van der Waals surface area contributed by atoms with Crippen molar-refractivity contribution >= 4 is 0 Å². The molecule has 2 aliphatic rings. The molecule has 3 rings (SSSR count). The zero-order valence-electron chi connectivity index (χ0n) is 10.4. The minimum Gasteiger partial charge on any atom is -0.328 e. The lowest BCUT2D eigenvalue weighted by molar-refractivity contribution is 0.271. The Morgan fingerprint density at radius 3 is 2.65 bits per heavy atom. The molecule has 1 aromatic rings. The monoisotopic (exact) mass is 230 g/mol. The maximum absolute atomic E-state index is 6.07. The van der Waals surface area contributed by atoms with E-state index >= 15 is 0 Å². The van der Waals surface area contributed by atoms with E-state index in [2.05, 4.69) is 35.2 Å². The normalized spacial score (nSPS) is 33.6. The number of nitrogens with zero attached hydrogens (tertiary/aromatic N) is 1. The Labute approximate surface area is 104 Å². The van der Waals surface area contributed by atoms with Crippen LogP contribution in [0, 0.1) is 11.8 Å². The molecule has 0 radical (unpaired) electrons. The molecule has 1 saturated heterocycles. The Balaban J connectivity index is 1.60. The lowest BCUT2D eigenvalue weighted by Crippen LogP contribution is -2.32. The summed E-state index contributed by atoms with van der Waals surface area (Å²) in [5.74, 6) is 1.78. The Morgan fingerprint density at radius 1 is 1.06 bits per heavy atom. The van der Waals surface area contributed by atoms with E-state index in [1.54, 1.807) is 0 Å². The van der Waals surface area contributed by atoms with E-state index < -0.39 is 0 Å². The molecule has 0 unspecified atom stereocenters. The SMILES string of the molecule is N[C@@H]1CC[C@@H]2CN(Cc3ccccc3)C[C@@H]2C1. The highest BCUT2D eigenvalue weighted by Crippen LogP contribution is 2.36. The average Bonchev–Trinajstić information content (AvgIpc) is 2.71. The van der Waals surface area contributed by atoms with E-state index in [0.717, 1.165) is 18.4 Å². The van der Waals surface area contributed by atoms with Crippen LogP contribution in [0.25, 0.3) is 0 Å². The highest BCUT2D eigenvalue weighted by Gasteiger charge is 2.36. The molecule has 2 fully saturated rings. The zero-order chi connectivity index (χ0) is 11.7. The van der Waals surface area contributed by atoms with E-state index in [4.69, 9.17) is 5.73 Å². The van der Waals surface area contributed by atoms with Gasteiger partial charge >= 0.3 is 0 Å². The summed E-state index contributed by atoms with van der Waals surface area (Å²) in [5, 5.41) is 0. The molecule has 2 N–H and O–H groups in total. The first-order valence-electron chi connectivity index (χ1n) is 6.83. The molecule has 0 aromatic heterocycles. The van der Waals surface area contributed by atoms with Crippen LogP contribution in [0.15, 0.2) is 30.3 Å². The molecular formula is C15H22N2. The molecule has 92 valence electrons. The van der Waals surface area contributed by atoms with Crippen LogP contribution >= 0.6 is 0 Å². The summed E-state index contributed by atoms with van der Waals surface area (Å²) in [7, 11) is 0. The number of hydrogen-bond donors (Lipinski definition) is 1. The van der Waals surface area contributed by atoms with Crippen molar-refractivity contribution in [2.75, 3.05) is 13.1 Å². The first-order valence-corrected chi connectivity index (χ1v) is 6.83. The quantitative estimate of drug-likeness (QED) is 0.844. The largest absolute Gasteiger partial charge is 0.328 e. The Bertz CT molecular complexity index is 362. The second kappa shape index (κ2) is 4.79. The smallest absolute Gasteiger partial charge is 0.0233 e. The first kappa shape index (κ1) is 11.2. The van der Waals surface area contributed by atoms with Gasteiger partial charge in [0.05, 0.1) is 0 Å². The van der Waals surface area contributed by atoms with E-state index in [1.807, 2.05) is 0 Å². The van der Waals surface area contributed by atoms with Gasteiger partial charge in [-0.1, -0.05) is 30.3 Å². The Morgan fingerprint density at radius 2 is 1.82 bits per heavy atom. The van der Waals surface area contributed by atoms with E-state index in [0.29, 0.717) is 6.04 Å². The highest BCUT2D eigenvalue weighted by atomic mass is 15.2. The van der Waals surface area contributed by atoms with E-state index in [1.165, 1.54) is 37.9 Å². The van der Waals surface area contributed by atoms with Crippen molar-refractivity contribution in [3.63, 3.8) is 0 Å². The maximum Gasteiger partial charge on any atom is 0.0233 e. The number of benzene rings is 1. The lowest BCUT2D eigenvalue weighted by Gasteiger charge is -2.28. The standard InChI is InChI=1S/C15H22N2/c16-15-7-6-13-10-17(11-14(13)8-15)9-12-4-2-1-3-5-12/h1-5,13-15H,6-11,16H2/t13-,14+,15-/m1/s1. The summed E-state index contributed by atoms with van der Waals surface area (Å²) in [4.78, 5) is 2.61. The lowest BCUT2D eigenvalue weighted by atomic mass is 9.79. The predicted octanol–water partition coefficient (Wildman–Crippen LogP) is 2.25. The maximum atomic E-state index is 6.07. The molecular weight excluding hydrogens is 208 g/mol. The van der Waals surface area contributed by atoms with Gasteiger partial charge in [0, 0.05) is 25.7 Å². The minimum absolute atomic E-state index is 0.466. The first-order chi connectivity index (χ1) is 8.31. The summed E-state index contributed by atoms with van der Waals surface area (Å²) in [6.45, 7) is 3.66. The van der Waals surface area contributed by atoms with Crippen molar-refractivity contribution in [2.24, 2.45) is 17.6 Å². The second-order valence-electron chi connectivity index (χ2n) is 5.77. The van der Waals surface area contributed by atoms with Crippen molar-refractivity contribution in [1.82, 2.24) is 4.90 Å². The van der Waals surface area contributed by atoms with Gasteiger partial charge in [-0.05, 0) is 36.7 Å². The molecule has 0 bridgehead atoms. The third-order valence-electron chi connectivity index (χ3n) is 4.41. The zero-order valence-corrected chi connectivity index (χ0v) is 10.4. The fourth-order valence-electron chi connectivity index (χ4n) is 3.54. The van der Waals surface area contributed by atoms with Crippen LogP contribution in [-0.2, 0) is 6.54 Å². The van der Waals surface area contributed by atoms with Crippen LogP contribution < -0.4 is 5.73 Å². The molecule has 0 spiro atoms. The second-order valence-corrected chi connectivity index (χ2v) is 5.77. The van der Waals surface area contributed by atoms with Crippen molar-refractivity contribution in [1.29, 1.82) is 0 Å².